The fraction of sp³-hybridized carbons (Fsp3) is 1.00. The van der Waals surface area contributed by atoms with Gasteiger partial charge in [-0.15, -0.1) is 0 Å². The van der Waals surface area contributed by atoms with E-state index >= 15 is 0 Å². The lowest BCUT2D eigenvalue weighted by atomic mass is 10.1. The van der Waals surface area contributed by atoms with Gasteiger partial charge in [0.1, 0.15) is 0 Å². The molecule has 0 radical (unpaired) electrons. The maximum absolute atomic E-state index is 12.6. The van der Waals surface area contributed by atoms with Crippen LogP contribution in [0.2, 0.25) is 0 Å². The number of nitrogens with one attached hydrogen (secondary N) is 1. The second-order valence-corrected chi connectivity index (χ2v) is 7.50. The maximum atomic E-state index is 12.6. The lowest BCUT2D eigenvalue weighted by molar-refractivity contribution is 0.461. The van der Waals surface area contributed by atoms with Gasteiger partial charge in [0.2, 0.25) is 0 Å². The van der Waals surface area contributed by atoms with Crippen LogP contribution >= 0.6 is 0 Å². The Balaban J connectivity index is 2.57. The van der Waals surface area contributed by atoms with E-state index in [0.29, 0.717) is 17.2 Å². The van der Waals surface area contributed by atoms with Gasteiger partial charge in [0.15, 0.2) is 0 Å². The fourth-order valence-electron chi connectivity index (χ4n) is 2.67. The molecule has 0 amide bonds. The first-order valence-electron chi connectivity index (χ1n) is 7.79. The van der Waals surface area contributed by atoms with Gasteiger partial charge in [-0.3, -0.25) is 4.21 Å². The summed E-state index contributed by atoms with van der Waals surface area (Å²) in [6.45, 7) is 7.70. The Morgan fingerprint density at radius 1 is 1.22 bits per heavy atom. The molecular formula is C15H31NOS. The third kappa shape index (κ3) is 5.40. The minimum Gasteiger partial charge on any atom is -0.313 e. The summed E-state index contributed by atoms with van der Waals surface area (Å²) in [6, 6.07) is 0.498. The van der Waals surface area contributed by atoms with Crippen LogP contribution in [0.25, 0.3) is 0 Å². The van der Waals surface area contributed by atoms with Crippen LogP contribution in [0.5, 0.6) is 0 Å². The molecule has 1 aliphatic carbocycles. The van der Waals surface area contributed by atoms with Crippen molar-refractivity contribution in [2.75, 3.05) is 12.3 Å². The van der Waals surface area contributed by atoms with E-state index in [1.807, 2.05) is 0 Å². The molecule has 0 aromatic carbocycles. The van der Waals surface area contributed by atoms with Crippen molar-refractivity contribution in [2.24, 2.45) is 5.92 Å². The van der Waals surface area contributed by atoms with E-state index in [1.54, 1.807) is 0 Å². The largest absolute Gasteiger partial charge is 0.313 e. The van der Waals surface area contributed by atoms with Crippen LogP contribution in [0.4, 0.5) is 0 Å². The third-order valence-electron chi connectivity index (χ3n) is 4.09. The Morgan fingerprint density at radius 3 is 2.61 bits per heavy atom. The molecule has 0 bridgehead atoms. The van der Waals surface area contributed by atoms with E-state index < -0.39 is 10.8 Å². The highest BCUT2D eigenvalue weighted by molar-refractivity contribution is 7.85. The molecule has 4 atom stereocenters. The number of rotatable bonds is 7. The zero-order valence-corrected chi connectivity index (χ0v) is 13.2. The Hall–Kier alpha value is 0.110. The monoisotopic (exact) mass is 273 g/mol. The van der Waals surface area contributed by atoms with Gasteiger partial charge in [-0.05, 0) is 31.7 Å². The van der Waals surface area contributed by atoms with E-state index in [9.17, 15) is 4.21 Å². The van der Waals surface area contributed by atoms with Crippen LogP contribution in [0.15, 0.2) is 0 Å². The Bertz CT molecular complexity index is 245. The van der Waals surface area contributed by atoms with E-state index in [-0.39, 0.29) is 0 Å². The molecule has 1 rings (SSSR count). The second kappa shape index (κ2) is 9.08. The van der Waals surface area contributed by atoms with Gasteiger partial charge in [0.25, 0.3) is 0 Å². The highest BCUT2D eigenvalue weighted by Crippen LogP contribution is 2.23. The standard InChI is InChI=1S/C15H31NOS/c1-4-11-16-14-9-7-6-8-10-15(14)18(17)12-13(3)5-2/h13-16H,4-12H2,1-3H3. The van der Waals surface area contributed by atoms with Crippen molar-refractivity contribution >= 4 is 10.8 Å². The van der Waals surface area contributed by atoms with Crippen molar-refractivity contribution in [2.45, 2.75) is 77.0 Å². The molecule has 2 nitrogen and oxygen atoms in total. The van der Waals surface area contributed by atoms with Crippen molar-refractivity contribution in [1.29, 1.82) is 0 Å². The van der Waals surface area contributed by atoms with Crippen molar-refractivity contribution in [1.82, 2.24) is 5.32 Å². The molecule has 1 N–H and O–H groups in total. The van der Waals surface area contributed by atoms with Crippen molar-refractivity contribution < 1.29 is 4.21 Å². The highest BCUT2D eigenvalue weighted by Gasteiger charge is 2.28. The molecule has 0 aromatic rings. The van der Waals surface area contributed by atoms with E-state index in [4.69, 9.17) is 0 Å². The summed E-state index contributed by atoms with van der Waals surface area (Å²) in [5.41, 5.74) is 0. The minimum absolute atomic E-state index is 0.396. The maximum Gasteiger partial charge on any atom is 0.0501 e. The quantitative estimate of drug-likeness (QED) is 0.720. The summed E-state index contributed by atoms with van der Waals surface area (Å²) in [7, 11) is -0.644. The first-order chi connectivity index (χ1) is 8.69. The van der Waals surface area contributed by atoms with Crippen molar-refractivity contribution in [3.63, 3.8) is 0 Å². The van der Waals surface area contributed by atoms with E-state index in [2.05, 4.69) is 26.1 Å². The zero-order chi connectivity index (χ0) is 13.4. The van der Waals surface area contributed by atoms with Crippen LogP contribution < -0.4 is 5.32 Å². The molecule has 18 heavy (non-hydrogen) atoms. The molecule has 0 saturated heterocycles. The smallest absolute Gasteiger partial charge is 0.0501 e. The van der Waals surface area contributed by atoms with E-state index in [0.717, 1.165) is 25.1 Å². The Kier molecular flexibility index (Phi) is 8.16. The van der Waals surface area contributed by atoms with Crippen molar-refractivity contribution in [3.05, 3.63) is 0 Å². The molecule has 4 unspecified atom stereocenters. The first kappa shape index (κ1) is 16.2. The predicted molar refractivity (Wildman–Crippen MR) is 81.4 cm³/mol. The van der Waals surface area contributed by atoms with Crippen LogP contribution in [-0.4, -0.2) is 27.8 Å². The molecule has 108 valence electrons. The van der Waals surface area contributed by atoms with Crippen molar-refractivity contribution in [3.8, 4) is 0 Å². The van der Waals surface area contributed by atoms with Gasteiger partial charge in [0, 0.05) is 22.6 Å². The molecule has 0 aromatic heterocycles. The molecule has 0 heterocycles. The van der Waals surface area contributed by atoms with Crippen LogP contribution in [0, 0.1) is 5.92 Å². The summed E-state index contributed by atoms with van der Waals surface area (Å²) in [5, 5.41) is 4.04. The molecule has 1 aliphatic rings. The van der Waals surface area contributed by atoms with Gasteiger partial charge in [0.05, 0.1) is 5.25 Å². The minimum atomic E-state index is -0.644. The average Bonchev–Trinajstić information content (AvgIpc) is 2.61. The average molecular weight is 273 g/mol. The zero-order valence-electron chi connectivity index (χ0n) is 12.4. The Morgan fingerprint density at radius 2 is 1.94 bits per heavy atom. The summed E-state index contributed by atoms with van der Waals surface area (Å²) in [6.07, 6.45) is 8.58. The summed E-state index contributed by atoms with van der Waals surface area (Å²) < 4.78 is 12.6. The molecule has 1 saturated carbocycles. The molecule has 3 heteroatoms. The van der Waals surface area contributed by atoms with Gasteiger partial charge < -0.3 is 5.32 Å². The predicted octanol–water partition coefficient (Wildman–Crippen LogP) is 3.48. The van der Waals surface area contributed by atoms with Crippen LogP contribution in [0.1, 0.15) is 65.7 Å². The van der Waals surface area contributed by atoms with Crippen LogP contribution in [0.3, 0.4) is 0 Å². The topological polar surface area (TPSA) is 29.1 Å². The van der Waals surface area contributed by atoms with Gasteiger partial charge in [-0.1, -0.05) is 46.5 Å². The molecule has 0 spiro atoms. The summed E-state index contributed by atoms with van der Waals surface area (Å²) >= 11 is 0. The second-order valence-electron chi connectivity index (χ2n) is 5.80. The SMILES string of the molecule is CCCNC1CCCCCC1S(=O)CC(C)CC. The van der Waals surface area contributed by atoms with Gasteiger partial charge in [-0.2, -0.15) is 0 Å². The van der Waals surface area contributed by atoms with Gasteiger partial charge in [-0.25, -0.2) is 0 Å². The highest BCUT2D eigenvalue weighted by atomic mass is 32.2. The first-order valence-corrected chi connectivity index (χ1v) is 9.17. The molecular weight excluding hydrogens is 242 g/mol. The lowest BCUT2D eigenvalue weighted by Crippen LogP contribution is -2.43. The molecule has 1 fully saturated rings. The Labute approximate surface area is 116 Å². The summed E-state index contributed by atoms with van der Waals surface area (Å²) in [5.74, 6) is 1.49. The van der Waals surface area contributed by atoms with Gasteiger partial charge >= 0.3 is 0 Å². The fourth-order valence-corrected chi connectivity index (χ4v) is 4.75. The normalized spacial score (nSPS) is 28.6. The third-order valence-corrected chi connectivity index (χ3v) is 6.23. The molecule has 0 aliphatic heterocycles. The lowest BCUT2D eigenvalue weighted by Gasteiger charge is -2.26. The number of hydrogen-bond acceptors (Lipinski definition) is 2. The van der Waals surface area contributed by atoms with E-state index in [1.165, 1.54) is 32.1 Å². The summed E-state index contributed by atoms with van der Waals surface area (Å²) in [4.78, 5) is 0. The van der Waals surface area contributed by atoms with Crippen LogP contribution in [-0.2, 0) is 10.8 Å². The number of hydrogen-bond donors (Lipinski definition) is 1.